The molecule has 1 saturated heterocycles. The summed E-state index contributed by atoms with van der Waals surface area (Å²) in [5, 5.41) is 0. The standard InChI is InChI=1S/C8H18N2O2S/c1-7(3-4-9)8-5-10(6-8)13(2,11)12/h7-8H,3-6,9H2,1-2H3. The fourth-order valence-corrected chi connectivity index (χ4v) is 2.52. The van der Waals surface area contributed by atoms with Crippen molar-refractivity contribution in [3.8, 4) is 0 Å². The van der Waals surface area contributed by atoms with Crippen molar-refractivity contribution in [2.75, 3.05) is 25.9 Å². The van der Waals surface area contributed by atoms with Crippen molar-refractivity contribution >= 4 is 10.0 Å². The highest BCUT2D eigenvalue weighted by Gasteiger charge is 2.35. The molecule has 0 saturated carbocycles. The SMILES string of the molecule is CC(CCN)C1CN(S(C)(=O)=O)C1. The molecule has 5 heteroatoms. The summed E-state index contributed by atoms with van der Waals surface area (Å²) in [6, 6.07) is 0. The van der Waals surface area contributed by atoms with Crippen molar-refractivity contribution in [1.82, 2.24) is 4.31 Å². The third-order valence-corrected chi connectivity index (χ3v) is 4.01. The number of hydrogen-bond donors (Lipinski definition) is 1. The third-order valence-electron chi connectivity index (χ3n) is 2.77. The summed E-state index contributed by atoms with van der Waals surface area (Å²) in [6.45, 7) is 4.19. The first-order chi connectivity index (χ1) is 5.95. The summed E-state index contributed by atoms with van der Waals surface area (Å²) >= 11 is 0. The second-order valence-electron chi connectivity index (χ2n) is 3.89. The van der Waals surface area contributed by atoms with Crippen LogP contribution >= 0.6 is 0 Å². The van der Waals surface area contributed by atoms with Gasteiger partial charge in [0, 0.05) is 13.1 Å². The molecule has 0 radical (unpaired) electrons. The van der Waals surface area contributed by atoms with Gasteiger partial charge in [0.15, 0.2) is 0 Å². The summed E-state index contributed by atoms with van der Waals surface area (Å²) in [6.07, 6.45) is 2.25. The van der Waals surface area contributed by atoms with Gasteiger partial charge >= 0.3 is 0 Å². The fourth-order valence-electron chi connectivity index (χ4n) is 1.60. The molecule has 1 unspecified atom stereocenters. The zero-order chi connectivity index (χ0) is 10.1. The van der Waals surface area contributed by atoms with Gasteiger partial charge < -0.3 is 5.73 Å². The number of rotatable bonds is 4. The average molecular weight is 206 g/mol. The van der Waals surface area contributed by atoms with Crippen molar-refractivity contribution < 1.29 is 8.42 Å². The Morgan fingerprint density at radius 1 is 1.54 bits per heavy atom. The molecular weight excluding hydrogens is 188 g/mol. The Balaban J connectivity index is 2.33. The van der Waals surface area contributed by atoms with Crippen molar-refractivity contribution in [2.45, 2.75) is 13.3 Å². The maximum absolute atomic E-state index is 11.0. The van der Waals surface area contributed by atoms with E-state index < -0.39 is 10.0 Å². The van der Waals surface area contributed by atoms with Crippen molar-refractivity contribution in [2.24, 2.45) is 17.6 Å². The minimum Gasteiger partial charge on any atom is -0.330 e. The molecule has 1 atom stereocenters. The van der Waals surface area contributed by atoms with E-state index >= 15 is 0 Å². The summed E-state index contributed by atoms with van der Waals surface area (Å²) in [4.78, 5) is 0. The number of nitrogens with zero attached hydrogens (tertiary/aromatic N) is 1. The van der Waals surface area contributed by atoms with Gasteiger partial charge in [0.05, 0.1) is 6.26 Å². The van der Waals surface area contributed by atoms with Gasteiger partial charge in [-0.25, -0.2) is 12.7 Å². The van der Waals surface area contributed by atoms with Gasteiger partial charge in [0.1, 0.15) is 0 Å². The van der Waals surface area contributed by atoms with E-state index in [0.717, 1.165) is 6.42 Å². The maximum Gasteiger partial charge on any atom is 0.211 e. The Hall–Kier alpha value is -0.130. The second-order valence-corrected chi connectivity index (χ2v) is 5.88. The van der Waals surface area contributed by atoms with Crippen LogP contribution in [-0.2, 0) is 10.0 Å². The van der Waals surface area contributed by atoms with E-state index in [-0.39, 0.29) is 0 Å². The number of hydrogen-bond acceptors (Lipinski definition) is 3. The van der Waals surface area contributed by atoms with Crippen LogP contribution in [0, 0.1) is 11.8 Å². The van der Waals surface area contributed by atoms with Crippen LogP contribution in [0.2, 0.25) is 0 Å². The zero-order valence-corrected chi connectivity index (χ0v) is 9.05. The summed E-state index contributed by atoms with van der Waals surface area (Å²) in [5.74, 6) is 1.06. The molecule has 1 aliphatic heterocycles. The van der Waals surface area contributed by atoms with Gasteiger partial charge in [-0.15, -0.1) is 0 Å². The maximum atomic E-state index is 11.0. The molecule has 1 fully saturated rings. The largest absolute Gasteiger partial charge is 0.330 e. The molecule has 1 aliphatic rings. The van der Waals surface area contributed by atoms with E-state index in [1.165, 1.54) is 10.6 Å². The minimum atomic E-state index is -2.95. The van der Waals surface area contributed by atoms with Crippen LogP contribution in [0.4, 0.5) is 0 Å². The molecule has 78 valence electrons. The lowest BCUT2D eigenvalue weighted by molar-refractivity contribution is 0.140. The van der Waals surface area contributed by atoms with E-state index in [4.69, 9.17) is 5.73 Å². The van der Waals surface area contributed by atoms with Crippen molar-refractivity contribution in [3.05, 3.63) is 0 Å². The highest BCUT2D eigenvalue weighted by molar-refractivity contribution is 7.88. The minimum absolute atomic E-state index is 0.512. The van der Waals surface area contributed by atoms with Crippen LogP contribution in [0.25, 0.3) is 0 Å². The van der Waals surface area contributed by atoms with E-state index in [0.29, 0.717) is 31.5 Å². The van der Waals surface area contributed by atoms with E-state index in [1.54, 1.807) is 0 Å². The van der Waals surface area contributed by atoms with Crippen molar-refractivity contribution in [1.29, 1.82) is 0 Å². The first kappa shape index (κ1) is 10.9. The highest BCUT2D eigenvalue weighted by atomic mass is 32.2. The lowest BCUT2D eigenvalue weighted by Gasteiger charge is -2.40. The van der Waals surface area contributed by atoms with Gasteiger partial charge in [0.2, 0.25) is 10.0 Å². The van der Waals surface area contributed by atoms with E-state index in [1.807, 2.05) is 0 Å². The van der Waals surface area contributed by atoms with Crippen LogP contribution < -0.4 is 5.73 Å². The van der Waals surface area contributed by atoms with Crippen LogP contribution in [0.1, 0.15) is 13.3 Å². The molecular formula is C8H18N2O2S. The van der Waals surface area contributed by atoms with Gasteiger partial charge in [-0.05, 0) is 24.8 Å². The molecule has 1 rings (SSSR count). The van der Waals surface area contributed by atoms with Crippen LogP contribution in [-0.4, -0.2) is 38.6 Å². The Kier molecular flexibility index (Phi) is 3.32. The van der Waals surface area contributed by atoms with Crippen LogP contribution in [0.15, 0.2) is 0 Å². The van der Waals surface area contributed by atoms with E-state index in [2.05, 4.69) is 6.92 Å². The highest BCUT2D eigenvalue weighted by Crippen LogP contribution is 2.27. The molecule has 1 heterocycles. The lowest BCUT2D eigenvalue weighted by atomic mass is 9.87. The summed E-state index contributed by atoms with van der Waals surface area (Å²) in [7, 11) is -2.95. The monoisotopic (exact) mass is 206 g/mol. The molecule has 2 N–H and O–H groups in total. The van der Waals surface area contributed by atoms with Crippen molar-refractivity contribution in [3.63, 3.8) is 0 Å². The van der Waals surface area contributed by atoms with Gasteiger partial charge in [-0.2, -0.15) is 0 Å². The molecule has 4 nitrogen and oxygen atoms in total. The molecule has 13 heavy (non-hydrogen) atoms. The second kappa shape index (κ2) is 3.94. The Morgan fingerprint density at radius 3 is 2.46 bits per heavy atom. The topological polar surface area (TPSA) is 63.4 Å². The quantitative estimate of drug-likeness (QED) is 0.696. The molecule has 0 spiro atoms. The first-order valence-electron chi connectivity index (χ1n) is 4.60. The average Bonchev–Trinajstić information content (AvgIpc) is 1.79. The molecule has 0 aromatic heterocycles. The lowest BCUT2D eigenvalue weighted by Crippen LogP contribution is -2.51. The molecule has 0 bridgehead atoms. The van der Waals surface area contributed by atoms with Gasteiger partial charge in [-0.1, -0.05) is 6.92 Å². The Labute approximate surface area is 80.1 Å². The van der Waals surface area contributed by atoms with Gasteiger partial charge in [0.25, 0.3) is 0 Å². The predicted octanol–water partition coefficient (Wildman–Crippen LogP) is -0.137. The number of nitrogens with two attached hydrogens (primary N) is 1. The fraction of sp³-hybridized carbons (Fsp3) is 1.00. The Bertz CT molecular complexity index is 257. The predicted molar refractivity (Wildman–Crippen MR) is 52.7 cm³/mol. The third kappa shape index (κ3) is 2.65. The van der Waals surface area contributed by atoms with E-state index in [9.17, 15) is 8.42 Å². The zero-order valence-electron chi connectivity index (χ0n) is 8.23. The Morgan fingerprint density at radius 2 is 2.08 bits per heavy atom. The summed E-state index contributed by atoms with van der Waals surface area (Å²) < 4.78 is 23.6. The normalized spacial score (nSPS) is 22.7. The first-order valence-corrected chi connectivity index (χ1v) is 6.45. The molecule has 0 aromatic carbocycles. The van der Waals surface area contributed by atoms with Gasteiger partial charge in [-0.3, -0.25) is 0 Å². The van der Waals surface area contributed by atoms with Crippen LogP contribution in [0.3, 0.4) is 0 Å². The molecule has 0 amide bonds. The van der Waals surface area contributed by atoms with Crippen LogP contribution in [0.5, 0.6) is 0 Å². The smallest absolute Gasteiger partial charge is 0.211 e. The number of sulfonamides is 1. The summed E-state index contributed by atoms with van der Waals surface area (Å²) in [5.41, 5.74) is 5.43. The molecule has 0 aromatic rings. The molecule has 0 aliphatic carbocycles.